The minimum Gasteiger partial charge on any atom is -0.478 e. The number of sulfone groups is 1. The first-order valence-electron chi connectivity index (χ1n) is 7.28. The summed E-state index contributed by atoms with van der Waals surface area (Å²) in [5.74, 6) is -1.88. The zero-order chi connectivity index (χ0) is 18.3. The molecule has 3 N–H and O–H groups in total. The molecule has 0 aliphatic heterocycles. The molecular weight excluding hydrogens is 336 g/mol. The average Bonchev–Trinajstić information content (AvgIpc) is 2.46. The van der Waals surface area contributed by atoms with Gasteiger partial charge in [-0.25, -0.2) is 13.2 Å². The molecule has 0 atom stereocenters. The standard InChI is InChI=1S/C15H20N2O6S/c1-3-16-13(18)5-4-6-14(19)17-11-7-10(15(20)21)8-12(9-11)24(2,22)23/h7-9H,3-6H2,1-2H3,(H,16,18)(H,17,19)(H,20,21). The third-order valence-electron chi connectivity index (χ3n) is 3.05. The first kappa shape index (κ1) is 19.6. The van der Waals surface area contributed by atoms with Crippen LogP contribution in [0, 0.1) is 0 Å². The topological polar surface area (TPSA) is 130 Å². The van der Waals surface area contributed by atoms with Crippen LogP contribution in [-0.2, 0) is 19.4 Å². The Labute approximate surface area is 140 Å². The van der Waals surface area contributed by atoms with Crippen LogP contribution in [0.1, 0.15) is 36.5 Å². The fourth-order valence-corrected chi connectivity index (χ4v) is 2.61. The Morgan fingerprint density at radius 1 is 1.08 bits per heavy atom. The lowest BCUT2D eigenvalue weighted by atomic mass is 10.2. The molecule has 0 bridgehead atoms. The summed E-state index contributed by atoms with van der Waals surface area (Å²) in [5.41, 5.74) is -0.158. The second kappa shape index (κ2) is 8.44. The SMILES string of the molecule is CCNC(=O)CCCC(=O)Nc1cc(C(=O)O)cc(S(C)(=O)=O)c1. The van der Waals surface area contributed by atoms with E-state index in [1.165, 1.54) is 12.1 Å². The summed E-state index contributed by atoms with van der Waals surface area (Å²) in [7, 11) is -3.62. The van der Waals surface area contributed by atoms with E-state index in [2.05, 4.69) is 10.6 Å². The molecule has 2 amide bonds. The molecule has 0 aliphatic rings. The maximum absolute atomic E-state index is 11.9. The van der Waals surface area contributed by atoms with Crippen molar-refractivity contribution in [2.75, 3.05) is 18.1 Å². The zero-order valence-electron chi connectivity index (χ0n) is 13.5. The van der Waals surface area contributed by atoms with Gasteiger partial charge in [-0.3, -0.25) is 9.59 Å². The molecule has 0 saturated carbocycles. The van der Waals surface area contributed by atoms with E-state index in [0.717, 1.165) is 12.3 Å². The number of hydrogen-bond donors (Lipinski definition) is 3. The molecule has 0 fully saturated rings. The van der Waals surface area contributed by atoms with E-state index < -0.39 is 21.7 Å². The van der Waals surface area contributed by atoms with Crippen molar-refractivity contribution in [1.29, 1.82) is 0 Å². The van der Waals surface area contributed by atoms with Crippen LogP contribution in [0.5, 0.6) is 0 Å². The number of rotatable bonds is 8. The second-order valence-corrected chi connectivity index (χ2v) is 7.19. The van der Waals surface area contributed by atoms with Gasteiger partial charge in [0.25, 0.3) is 0 Å². The third-order valence-corrected chi connectivity index (χ3v) is 4.14. The first-order valence-corrected chi connectivity index (χ1v) is 9.17. The third kappa shape index (κ3) is 6.37. The van der Waals surface area contributed by atoms with E-state index in [1.807, 2.05) is 0 Å². The van der Waals surface area contributed by atoms with Gasteiger partial charge in [0.15, 0.2) is 9.84 Å². The Bertz CT molecular complexity index is 742. The summed E-state index contributed by atoms with van der Waals surface area (Å²) in [4.78, 5) is 34.0. The Balaban J connectivity index is 2.79. The van der Waals surface area contributed by atoms with Crippen molar-refractivity contribution >= 4 is 33.3 Å². The summed E-state index contributed by atoms with van der Waals surface area (Å²) in [5, 5.41) is 14.1. The van der Waals surface area contributed by atoms with Gasteiger partial charge in [0.1, 0.15) is 0 Å². The highest BCUT2D eigenvalue weighted by atomic mass is 32.2. The molecule has 1 rings (SSSR count). The van der Waals surface area contributed by atoms with E-state index in [-0.39, 0.29) is 34.9 Å². The molecule has 1 aromatic rings. The van der Waals surface area contributed by atoms with E-state index in [1.54, 1.807) is 6.92 Å². The largest absolute Gasteiger partial charge is 0.478 e. The van der Waals surface area contributed by atoms with E-state index in [9.17, 15) is 22.8 Å². The maximum Gasteiger partial charge on any atom is 0.335 e. The predicted molar refractivity (Wildman–Crippen MR) is 87.7 cm³/mol. The number of amides is 2. The van der Waals surface area contributed by atoms with Crippen LogP contribution in [0.2, 0.25) is 0 Å². The van der Waals surface area contributed by atoms with Gasteiger partial charge in [-0.1, -0.05) is 0 Å². The second-order valence-electron chi connectivity index (χ2n) is 5.18. The van der Waals surface area contributed by atoms with Gasteiger partial charge >= 0.3 is 5.97 Å². The van der Waals surface area contributed by atoms with Crippen molar-refractivity contribution in [3.8, 4) is 0 Å². The number of aromatic carboxylic acids is 1. The molecule has 0 saturated heterocycles. The Kier molecular flexibility index (Phi) is 6.90. The predicted octanol–water partition coefficient (Wildman–Crippen LogP) is 1.03. The van der Waals surface area contributed by atoms with Crippen LogP contribution >= 0.6 is 0 Å². The summed E-state index contributed by atoms with van der Waals surface area (Å²) < 4.78 is 23.2. The van der Waals surface area contributed by atoms with Crippen LogP contribution in [0.25, 0.3) is 0 Å². The normalized spacial score (nSPS) is 10.9. The molecule has 8 nitrogen and oxygen atoms in total. The highest BCUT2D eigenvalue weighted by Gasteiger charge is 2.15. The molecule has 0 aliphatic carbocycles. The summed E-state index contributed by atoms with van der Waals surface area (Å²) >= 11 is 0. The number of carboxylic acids is 1. The van der Waals surface area contributed by atoms with Crippen molar-refractivity contribution in [3.63, 3.8) is 0 Å². The lowest BCUT2D eigenvalue weighted by molar-refractivity contribution is -0.121. The molecule has 24 heavy (non-hydrogen) atoms. The van der Waals surface area contributed by atoms with Crippen molar-refractivity contribution < 1.29 is 27.9 Å². The van der Waals surface area contributed by atoms with Crippen molar-refractivity contribution in [2.24, 2.45) is 0 Å². The van der Waals surface area contributed by atoms with Crippen molar-refractivity contribution in [1.82, 2.24) is 5.32 Å². The number of carbonyl (C=O) groups excluding carboxylic acids is 2. The number of benzene rings is 1. The number of nitrogens with one attached hydrogen (secondary N) is 2. The number of anilines is 1. The molecule has 0 radical (unpaired) electrons. The van der Waals surface area contributed by atoms with Gasteiger partial charge in [-0.15, -0.1) is 0 Å². The molecule has 132 valence electrons. The van der Waals surface area contributed by atoms with Crippen LogP contribution < -0.4 is 10.6 Å². The smallest absolute Gasteiger partial charge is 0.335 e. The fraction of sp³-hybridized carbons (Fsp3) is 0.400. The summed E-state index contributed by atoms with van der Waals surface area (Å²) in [6.45, 7) is 2.31. The number of carboxylic acid groups (broad SMARTS) is 1. The van der Waals surface area contributed by atoms with Crippen molar-refractivity contribution in [2.45, 2.75) is 31.1 Å². The lowest BCUT2D eigenvalue weighted by Crippen LogP contribution is -2.22. The molecule has 0 spiro atoms. The minimum absolute atomic E-state index is 0.0582. The van der Waals surface area contributed by atoms with Crippen molar-refractivity contribution in [3.05, 3.63) is 23.8 Å². The van der Waals surface area contributed by atoms with E-state index in [0.29, 0.717) is 13.0 Å². The van der Waals surface area contributed by atoms with Crippen LogP contribution in [0.3, 0.4) is 0 Å². The zero-order valence-corrected chi connectivity index (χ0v) is 14.3. The summed E-state index contributed by atoms with van der Waals surface area (Å²) in [6, 6.07) is 3.41. The monoisotopic (exact) mass is 356 g/mol. The van der Waals surface area contributed by atoms with E-state index in [4.69, 9.17) is 5.11 Å². The molecule has 0 aromatic heterocycles. The van der Waals surface area contributed by atoms with Gasteiger partial charge in [0.2, 0.25) is 11.8 Å². The fourth-order valence-electron chi connectivity index (χ4n) is 1.93. The van der Waals surface area contributed by atoms with E-state index >= 15 is 0 Å². The Morgan fingerprint density at radius 3 is 2.25 bits per heavy atom. The Morgan fingerprint density at radius 2 is 1.71 bits per heavy atom. The summed E-state index contributed by atoms with van der Waals surface area (Å²) in [6.07, 6.45) is 1.54. The number of hydrogen-bond acceptors (Lipinski definition) is 5. The lowest BCUT2D eigenvalue weighted by Gasteiger charge is -2.09. The van der Waals surface area contributed by atoms with Crippen LogP contribution in [0.15, 0.2) is 23.1 Å². The highest BCUT2D eigenvalue weighted by Crippen LogP contribution is 2.19. The maximum atomic E-state index is 11.9. The van der Waals surface area contributed by atoms with Gasteiger partial charge in [-0.05, 0) is 31.5 Å². The molecular formula is C15H20N2O6S. The molecule has 9 heteroatoms. The Hall–Kier alpha value is -2.42. The van der Waals surface area contributed by atoms with Gasteiger partial charge in [-0.2, -0.15) is 0 Å². The van der Waals surface area contributed by atoms with Crippen LogP contribution in [0.4, 0.5) is 5.69 Å². The highest BCUT2D eigenvalue weighted by molar-refractivity contribution is 7.90. The quantitative estimate of drug-likeness (QED) is 0.638. The number of carbonyl (C=O) groups is 3. The first-order chi connectivity index (χ1) is 11.1. The van der Waals surface area contributed by atoms with Gasteiger partial charge in [0.05, 0.1) is 10.5 Å². The molecule has 1 aromatic carbocycles. The average molecular weight is 356 g/mol. The minimum atomic E-state index is -3.62. The molecule has 0 unspecified atom stereocenters. The van der Waals surface area contributed by atoms with Gasteiger partial charge in [0, 0.05) is 31.3 Å². The van der Waals surface area contributed by atoms with Crippen LogP contribution in [-0.4, -0.2) is 44.1 Å². The van der Waals surface area contributed by atoms with Gasteiger partial charge < -0.3 is 15.7 Å². The molecule has 0 heterocycles.